The predicted octanol–water partition coefficient (Wildman–Crippen LogP) is 1.94. The van der Waals surface area contributed by atoms with Crippen LogP contribution in [0.2, 0.25) is 0 Å². The zero-order valence-electron chi connectivity index (χ0n) is 16.6. The van der Waals surface area contributed by atoms with Gasteiger partial charge in [-0.1, -0.05) is 6.08 Å². The van der Waals surface area contributed by atoms with E-state index in [-0.39, 0.29) is 23.6 Å². The molecule has 2 atom stereocenters. The number of aromatic amines is 1. The molecule has 9 heteroatoms. The normalized spacial score (nSPS) is 18.9. The summed E-state index contributed by atoms with van der Waals surface area (Å²) >= 11 is 0. The van der Waals surface area contributed by atoms with Gasteiger partial charge in [0.05, 0.1) is 17.9 Å². The third-order valence-corrected chi connectivity index (χ3v) is 5.99. The van der Waals surface area contributed by atoms with E-state index in [0.717, 1.165) is 32.7 Å². The van der Waals surface area contributed by atoms with E-state index >= 15 is 0 Å². The molecule has 2 N–H and O–H groups in total. The molecule has 156 valence electrons. The van der Waals surface area contributed by atoms with E-state index < -0.39 is 0 Å². The number of hydrogen-bond donors (Lipinski definition) is 2. The first kappa shape index (κ1) is 18.1. The minimum atomic E-state index is -0.308. The number of hydrogen-bond acceptors (Lipinski definition) is 5. The summed E-state index contributed by atoms with van der Waals surface area (Å²) in [7, 11) is 0. The highest BCUT2D eigenvalue weighted by Crippen LogP contribution is 2.41. The Morgan fingerprint density at radius 1 is 1.13 bits per heavy atom. The Bertz CT molecular complexity index is 1460. The number of benzene rings is 2. The van der Waals surface area contributed by atoms with E-state index in [2.05, 4.69) is 31.9 Å². The molecule has 2 aromatic heterocycles. The number of nitrogens with one attached hydrogen (secondary N) is 2. The summed E-state index contributed by atoms with van der Waals surface area (Å²) in [4.78, 5) is 3.38. The Morgan fingerprint density at radius 2 is 1.97 bits per heavy atom. The van der Waals surface area contributed by atoms with Crippen LogP contribution in [-0.2, 0) is 11.3 Å². The van der Waals surface area contributed by atoms with Crippen molar-refractivity contribution in [3.8, 4) is 0 Å². The molecule has 1 aliphatic carbocycles. The fourth-order valence-electron chi connectivity index (χ4n) is 4.54. The van der Waals surface area contributed by atoms with Crippen LogP contribution in [0.1, 0.15) is 17.3 Å². The fraction of sp³-hybridized carbons (Fsp3) is 0.227. The van der Waals surface area contributed by atoms with Gasteiger partial charge in [0.2, 0.25) is 0 Å². The molecule has 3 heterocycles. The highest BCUT2D eigenvalue weighted by molar-refractivity contribution is 5.85. The molecule has 0 radical (unpaired) electrons. The monoisotopic (exact) mass is 420 g/mol. The van der Waals surface area contributed by atoms with Crippen LogP contribution in [0.3, 0.4) is 0 Å². The van der Waals surface area contributed by atoms with Gasteiger partial charge in [-0.3, -0.25) is 0 Å². The van der Waals surface area contributed by atoms with Crippen LogP contribution in [0.4, 0.5) is 14.5 Å². The molecule has 0 spiro atoms. The van der Waals surface area contributed by atoms with Crippen molar-refractivity contribution in [3.63, 3.8) is 0 Å². The quantitative estimate of drug-likeness (QED) is 0.528. The first-order chi connectivity index (χ1) is 15.1. The average molecular weight is 420 g/mol. The van der Waals surface area contributed by atoms with Gasteiger partial charge in [0.1, 0.15) is 29.8 Å². The third-order valence-electron chi connectivity index (χ3n) is 5.99. The van der Waals surface area contributed by atoms with Crippen LogP contribution < -0.4 is 15.9 Å². The van der Waals surface area contributed by atoms with Gasteiger partial charge < -0.3 is 15.0 Å². The standard InChI is InChI=1S/C22H18F2N6O/c1-11-27-28-29-30(11)6-7-31-22-20-16(14-8-12(23)2-4-18(14)25-20)10-17-15-9-13(24)3-5-19(15)26-21(17)22/h2-5,8-10,16,20,25-26H,6-7H2,1H3. The molecular weight excluding hydrogens is 402 g/mol. The SMILES string of the molecule is Cc1nnnn1CCOC1=c2[nH]c3ccc(F)cc3c2=CC2c3cc(F)ccc3NC12. The number of nitrogens with zero attached hydrogens (tertiary/aromatic N) is 4. The summed E-state index contributed by atoms with van der Waals surface area (Å²) < 4.78 is 35.9. The van der Waals surface area contributed by atoms with Crippen molar-refractivity contribution in [1.82, 2.24) is 25.2 Å². The van der Waals surface area contributed by atoms with Gasteiger partial charge in [0.15, 0.2) is 0 Å². The number of halogens is 2. The Morgan fingerprint density at radius 3 is 2.81 bits per heavy atom. The molecule has 0 bridgehead atoms. The Hall–Kier alpha value is -3.75. The molecule has 7 nitrogen and oxygen atoms in total. The Balaban J connectivity index is 1.48. The second kappa shape index (κ2) is 6.63. The molecule has 2 aromatic carbocycles. The van der Waals surface area contributed by atoms with Gasteiger partial charge in [0, 0.05) is 27.7 Å². The summed E-state index contributed by atoms with van der Waals surface area (Å²) in [6.45, 7) is 2.65. The summed E-state index contributed by atoms with van der Waals surface area (Å²) in [5.74, 6) is 0.679. The van der Waals surface area contributed by atoms with Gasteiger partial charge in [-0.25, -0.2) is 13.5 Å². The van der Waals surface area contributed by atoms with Crippen molar-refractivity contribution in [2.45, 2.75) is 25.4 Å². The van der Waals surface area contributed by atoms with Crippen LogP contribution >= 0.6 is 0 Å². The van der Waals surface area contributed by atoms with Gasteiger partial charge in [0.25, 0.3) is 0 Å². The molecule has 31 heavy (non-hydrogen) atoms. The number of H-pyrrole nitrogens is 1. The summed E-state index contributed by atoms with van der Waals surface area (Å²) in [5.41, 5.74) is 2.55. The number of tetrazole rings is 1. The molecule has 0 amide bonds. The number of fused-ring (bicyclic) bond motifs is 6. The second-order valence-corrected chi connectivity index (χ2v) is 7.81. The molecule has 6 rings (SSSR count). The largest absolute Gasteiger partial charge is 0.492 e. The van der Waals surface area contributed by atoms with Crippen LogP contribution in [0.5, 0.6) is 0 Å². The molecule has 0 saturated carbocycles. The van der Waals surface area contributed by atoms with Gasteiger partial charge in [-0.2, -0.15) is 0 Å². The van der Waals surface area contributed by atoms with E-state index in [1.165, 1.54) is 18.2 Å². The molecule has 2 aliphatic rings. The zero-order chi connectivity index (χ0) is 21.1. The Labute approximate surface area is 175 Å². The highest BCUT2D eigenvalue weighted by atomic mass is 19.1. The molecule has 1 aliphatic heterocycles. The smallest absolute Gasteiger partial charge is 0.148 e. The molecule has 2 unspecified atom stereocenters. The lowest BCUT2D eigenvalue weighted by molar-refractivity contribution is 0.233. The van der Waals surface area contributed by atoms with Gasteiger partial charge >= 0.3 is 0 Å². The lowest BCUT2D eigenvalue weighted by atomic mass is 9.89. The Kier molecular flexibility index (Phi) is 3.86. The van der Waals surface area contributed by atoms with Crippen molar-refractivity contribution < 1.29 is 13.5 Å². The van der Waals surface area contributed by atoms with Crippen LogP contribution in [0.15, 0.2) is 36.4 Å². The maximum absolute atomic E-state index is 14.0. The number of rotatable bonds is 4. The minimum absolute atomic E-state index is 0.134. The minimum Gasteiger partial charge on any atom is -0.492 e. The van der Waals surface area contributed by atoms with E-state index in [1.54, 1.807) is 22.9 Å². The van der Waals surface area contributed by atoms with Crippen LogP contribution in [0, 0.1) is 18.6 Å². The van der Waals surface area contributed by atoms with Crippen molar-refractivity contribution in [2.24, 2.45) is 0 Å². The first-order valence-corrected chi connectivity index (χ1v) is 10.0. The number of anilines is 1. The second-order valence-electron chi connectivity index (χ2n) is 7.81. The van der Waals surface area contributed by atoms with Gasteiger partial charge in [-0.15, -0.1) is 5.10 Å². The van der Waals surface area contributed by atoms with Crippen molar-refractivity contribution >= 4 is 28.4 Å². The zero-order valence-corrected chi connectivity index (χ0v) is 16.6. The average Bonchev–Trinajstić information content (AvgIpc) is 3.43. The van der Waals surface area contributed by atoms with E-state index in [0.29, 0.717) is 24.7 Å². The van der Waals surface area contributed by atoms with E-state index in [1.807, 2.05) is 6.92 Å². The number of ether oxygens (including phenoxy) is 1. The van der Waals surface area contributed by atoms with Crippen molar-refractivity contribution in [2.75, 3.05) is 11.9 Å². The molecule has 0 saturated heterocycles. The number of aromatic nitrogens is 5. The summed E-state index contributed by atoms with van der Waals surface area (Å²) in [6.07, 6.45) is 2.06. The van der Waals surface area contributed by atoms with Crippen LogP contribution in [0.25, 0.3) is 22.7 Å². The topological polar surface area (TPSA) is 80.7 Å². The highest BCUT2D eigenvalue weighted by Gasteiger charge is 2.37. The number of aryl methyl sites for hydroxylation is 1. The summed E-state index contributed by atoms with van der Waals surface area (Å²) in [6, 6.07) is 9.19. The third kappa shape index (κ3) is 2.80. The lowest BCUT2D eigenvalue weighted by Gasteiger charge is -2.24. The molecule has 0 fully saturated rings. The maximum atomic E-state index is 14.0. The maximum Gasteiger partial charge on any atom is 0.148 e. The fourth-order valence-corrected chi connectivity index (χ4v) is 4.54. The van der Waals surface area contributed by atoms with Crippen LogP contribution in [-0.4, -0.2) is 37.8 Å². The lowest BCUT2D eigenvalue weighted by Crippen LogP contribution is -2.40. The van der Waals surface area contributed by atoms with Gasteiger partial charge in [-0.05, 0) is 59.3 Å². The predicted molar refractivity (Wildman–Crippen MR) is 110 cm³/mol. The molecule has 4 aromatic rings. The van der Waals surface area contributed by atoms with Crippen molar-refractivity contribution in [1.29, 1.82) is 0 Å². The van der Waals surface area contributed by atoms with E-state index in [9.17, 15) is 8.78 Å². The molecular formula is C22H18F2N6O. The van der Waals surface area contributed by atoms with E-state index in [4.69, 9.17) is 4.74 Å². The summed E-state index contributed by atoms with van der Waals surface area (Å²) in [5, 5.41) is 17.4. The van der Waals surface area contributed by atoms with Crippen molar-refractivity contribution in [3.05, 3.63) is 70.0 Å². The first-order valence-electron chi connectivity index (χ1n) is 10.0.